The molecule has 14 nitrogen and oxygen atoms in total. The molecule has 18 heteroatoms. The molecule has 0 spiro atoms. The zero-order chi connectivity index (χ0) is 35.9. The van der Waals surface area contributed by atoms with Crippen molar-refractivity contribution in [3.05, 3.63) is 64.3 Å². The Morgan fingerprint density at radius 2 is 1.10 bits per heavy atom. The Bertz CT molecular complexity index is 1680. The lowest BCUT2D eigenvalue weighted by Gasteiger charge is -2.32. The van der Waals surface area contributed by atoms with E-state index in [1.807, 2.05) is 44.7 Å². The van der Waals surface area contributed by atoms with E-state index < -0.39 is 0 Å². The number of hydrogen-bond acceptors (Lipinski definition) is 14. The molecular formula is C32H40BCl3N10O4. The van der Waals surface area contributed by atoms with E-state index in [1.54, 1.807) is 30.6 Å². The average Bonchev–Trinajstić information content (AvgIpc) is 3.32. The Morgan fingerprint density at radius 1 is 0.640 bits per heavy atom. The summed E-state index contributed by atoms with van der Waals surface area (Å²) in [5.41, 5.74) is 13.0. The Morgan fingerprint density at radius 3 is 1.56 bits per heavy atom. The number of halogens is 3. The highest BCUT2D eigenvalue weighted by Gasteiger charge is 2.51. The van der Waals surface area contributed by atoms with E-state index in [-0.39, 0.29) is 18.3 Å². The zero-order valence-electron chi connectivity index (χ0n) is 28.4. The predicted octanol–water partition coefficient (Wildman–Crippen LogP) is 4.19. The number of ether oxygens (including phenoxy) is 2. The first-order chi connectivity index (χ1) is 23.8. The number of rotatable bonds is 4. The van der Waals surface area contributed by atoms with Gasteiger partial charge >= 0.3 is 7.12 Å². The van der Waals surface area contributed by atoms with Crippen molar-refractivity contribution in [2.75, 3.05) is 73.9 Å². The summed E-state index contributed by atoms with van der Waals surface area (Å²) in [6.45, 7) is 13.9. The largest absolute Gasteiger partial charge is 0.496 e. The minimum absolute atomic E-state index is 0.320. The van der Waals surface area contributed by atoms with E-state index in [0.29, 0.717) is 65.4 Å². The molecular weight excluding hydrogens is 706 g/mol. The molecule has 50 heavy (non-hydrogen) atoms. The standard InChI is InChI=1S/C13H14ClN5O.C11H17BN2O2.C8H9Cl2N3O/c14-11-7-10(9-1-2-12(15)16-8-9)17-13(18-11)19-3-5-20-6-4-19;1-10(2)11(3,4)16-12(15-10)8-5-6-9(13)14-7-8;9-6-5-7(10)12-8(11-6)13-1-3-14-4-2-13/h1-2,7-8H,3-6H2,(H2,15,16);5-7H,1-4H3,(H2,13,14);5H,1-4H2. The van der Waals surface area contributed by atoms with E-state index >= 15 is 0 Å². The Labute approximate surface area is 306 Å². The molecule has 0 aromatic carbocycles. The minimum atomic E-state index is -0.363. The van der Waals surface area contributed by atoms with Gasteiger partial charge in [0.05, 0.1) is 43.3 Å². The molecule has 0 atom stereocenters. The molecule has 3 aliphatic heterocycles. The molecule has 7 rings (SSSR count). The molecule has 0 aliphatic carbocycles. The topological polar surface area (TPSA) is 173 Å². The molecule has 0 bridgehead atoms. The molecule has 4 N–H and O–H groups in total. The molecule has 0 saturated carbocycles. The van der Waals surface area contributed by atoms with Crippen LogP contribution in [0.4, 0.5) is 23.5 Å². The summed E-state index contributed by atoms with van der Waals surface area (Å²) in [6.07, 6.45) is 3.37. The van der Waals surface area contributed by atoms with Crippen molar-refractivity contribution in [2.24, 2.45) is 0 Å². The van der Waals surface area contributed by atoms with Gasteiger partial charge in [-0.25, -0.2) is 29.9 Å². The van der Waals surface area contributed by atoms with Gasteiger partial charge in [-0.1, -0.05) is 40.9 Å². The van der Waals surface area contributed by atoms with Crippen molar-refractivity contribution >= 4 is 70.9 Å². The third kappa shape index (κ3) is 10.0. The lowest BCUT2D eigenvalue weighted by Crippen LogP contribution is -2.41. The number of anilines is 4. The van der Waals surface area contributed by atoms with Gasteiger partial charge in [-0.15, -0.1) is 0 Å². The van der Waals surface area contributed by atoms with Crippen LogP contribution in [0.25, 0.3) is 11.3 Å². The number of nitrogens with two attached hydrogens (primary N) is 2. The van der Waals surface area contributed by atoms with Crippen LogP contribution in [0, 0.1) is 0 Å². The van der Waals surface area contributed by atoms with Crippen LogP contribution in [-0.4, -0.2) is 101 Å². The highest BCUT2D eigenvalue weighted by atomic mass is 35.5. The molecule has 3 saturated heterocycles. The molecule has 7 heterocycles. The Balaban J connectivity index is 0.000000148. The fourth-order valence-corrected chi connectivity index (χ4v) is 5.43. The van der Waals surface area contributed by atoms with Crippen molar-refractivity contribution in [2.45, 2.75) is 38.9 Å². The van der Waals surface area contributed by atoms with Gasteiger partial charge in [-0.3, -0.25) is 0 Å². The summed E-state index contributed by atoms with van der Waals surface area (Å²) < 4.78 is 22.3. The van der Waals surface area contributed by atoms with Gasteiger partial charge in [0.2, 0.25) is 11.9 Å². The third-order valence-electron chi connectivity index (χ3n) is 8.34. The van der Waals surface area contributed by atoms with Crippen LogP contribution < -0.4 is 26.7 Å². The maximum Gasteiger partial charge on any atom is 0.496 e. The van der Waals surface area contributed by atoms with Gasteiger partial charge in [0.25, 0.3) is 0 Å². The summed E-state index contributed by atoms with van der Waals surface area (Å²) in [7, 11) is -0.363. The molecule has 0 radical (unpaired) electrons. The maximum atomic E-state index is 6.10. The third-order valence-corrected chi connectivity index (χ3v) is 8.92. The van der Waals surface area contributed by atoms with Crippen molar-refractivity contribution in [3.63, 3.8) is 0 Å². The molecule has 3 fully saturated rings. The van der Waals surface area contributed by atoms with Crippen LogP contribution in [-0.2, 0) is 18.8 Å². The highest BCUT2D eigenvalue weighted by molar-refractivity contribution is 6.62. The Kier molecular flexibility index (Phi) is 12.5. The number of nitrogens with zero attached hydrogens (tertiary/aromatic N) is 8. The summed E-state index contributed by atoms with van der Waals surface area (Å²) in [5.74, 6) is 2.17. The zero-order valence-corrected chi connectivity index (χ0v) is 30.6. The second-order valence-electron chi connectivity index (χ2n) is 12.5. The molecule has 3 aliphatic rings. The summed E-state index contributed by atoms with van der Waals surface area (Å²) in [6, 6.07) is 10.5. The molecule has 0 unspecified atom stereocenters. The van der Waals surface area contributed by atoms with Gasteiger partial charge in [0.15, 0.2) is 0 Å². The second-order valence-corrected chi connectivity index (χ2v) is 13.6. The first-order valence-electron chi connectivity index (χ1n) is 16.0. The quantitative estimate of drug-likeness (QED) is 0.225. The number of pyridine rings is 2. The SMILES string of the molecule is CC1(C)OB(c2ccc(N)nc2)OC1(C)C.Clc1cc(Cl)nc(N2CCOCC2)n1.Nc1ccc(-c2cc(Cl)nc(N3CCOCC3)n2)cn1. The second kappa shape index (κ2) is 16.6. The normalized spacial score (nSPS) is 18.1. The first-order valence-corrected chi connectivity index (χ1v) is 17.1. The van der Waals surface area contributed by atoms with Crippen LogP contribution in [0.5, 0.6) is 0 Å². The van der Waals surface area contributed by atoms with Gasteiger partial charge in [0.1, 0.15) is 27.1 Å². The summed E-state index contributed by atoms with van der Waals surface area (Å²) >= 11 is 17.6. The van der Waals surface area contributed by atoms with Crippen LogP contribution >= 0.6 is 34.8 Å². The highest BCUT2D eigenvalue weighted by Crippen LogP contribution is 2.36. The average molecular weight is 746 g/mol. The molecule has 4 aromatic rings. The molecule has 0 amide bonds. The van der Waals surface area contributed by atoms with Crippen molar-refractivity contribution < 1.29 is 18.8 Å². The van der Waals surface area contributed by atoms with E-state index in [0.717, 1.165) is 42.9 Å². The number of nitrogen functional groups attached to an aromatic ring is 2. The lowest BCUT2D eigenvalue weighted by atomic mass is 9.80. The lowest BCUT2D eigenvalue weighted by molar-refractivity contribution is 0.00578. The number of aromatic nitrogens is 6. The maximum absolute atomic E-state index is 6.10. The van der Waals surface area contributed by atoms with Gasteiger partial charge in [-0.05, 0) is 45.9 Å². The fourth-order valence-electron chi connectivity index (χ4n) is 4.83. The first kappa shape index (κ1) is 37.7. The summed E-state index contributed by atoms with van der Waals surface area (Å²) in [5, 5.41) is 1.14. The van der Waals surface area contributed by atoms with Crippen molar-refractivity contribution in [3.8, 4) is 11.3 Å². The summed E-state index contributed by atoms with van der Waals surface area (Å²) in [4.78, 5) is 29.2. The van der Waals surface area contributed by atoms with E-state index in [1.165, 1.54) is 6.07 Å². The molecule has 4 aromatic heterocycles. The van der Waals surface area contributed by atoms with E-state index in [4.69, 9.17) is 65.1 Å². The monoisotopic (exact) mass is 744 g/mol. The van der Waals surface area contributed by atoms with Crippen molar-refractivity contribution in [1.29, 1.82) is 0 Å². The molecule has 266 valence electrons. The fraction of sp³-hybridized carbons (Fsp3) is 0.438. The van der Waals surface area contributed by atoms with Crippen LogP contribution in [0.1, 0.15) is 27.7 Å². The van der Waals surface area contributed by atoms with Gasteiger partial charge in [0, 0.05) is 61.7 Å². The van der Waals surface area contributed by atoms with Crippen LogP contribution in [0.3, 0.4) is 0 Å². The Hall–Kier alpha value is -3.57. The number of morpholine rings is 2. The van der Waals surface area contributed by atoms with E-state index in [2.05, 4.69) is 34.8 Å². The van der Waals surface area contributed by atoms with Crippen LogP contribution in [0.15, 0.2) is 48.8 Å². The smallest absolute Gasteiger partial charge is 0.399 e. The van der Waals surface area contributed by atoms with Crippen molar-refractivity contribution in [1.82, 2.24) is 29.9 Å². The van der Waals surface area contributed by atoms with Gasteiger partial charge < -0.3 is 40.0 Å². The predicted molar refractivity (Wildman–Crippen MR) is 197 cm³/mol. The number of hydrogen-bond donors (Lipinski definition) is 2. The minimum Gasteiger partial charge on any atom is -0.399 e. The van der Waals surface area contributed by atoms with Crippen LogP contribution in [0.2, 0.25) is 15.5 Å². The van der Waals surface area contributed by atoms with E-state index in [9.17, 15) is 0 Å². The van der Waals surface area contributed by atoms with Gasteiger partial charge in [-0.2, -0.15) is 0 Å².